The predicted molar refractivity (Wildman–Crippen MR) is 167 cm³/mol. The zero-order valence-electron chi connectivity index (χ0n) is 23.3. The molecule has 8 heteroatoms. The van der Waals surface area contributed by atoms with Crippen molar-refractivity contribution in [1.82, 2.24) is 9.55 Å². The standard InChI is InChI=1S/C32H37N3O3SSi/c1-32(2,3)40(25-15-9-5-10-16-25,26-17-11-6-12-18-26)38-22-28-30(37-21-24-13-7-4-8-14-24)27(23-39-28)35-20-19-29(33)34-31(35)36/h4-20,27-28,30H,21-23H2,1-3H3,(H2,33,34,36)/t27-,28-,30+/m1/s1. The Morgan fingerprint density at radius 1 is 0.925 bits per heavy atom. The lowest BCUT2D eigenvalue weighted by Gasteiger charge is -2.43. The van der Waals surface area contributed by atoms with E-state index in [9.17, 15) is 4.79 Å². The average Bonchev–Trinajstić information content (AvgIpc) is 3.35. The van der Waals surface area contributed by atoms with Gasteiger partial charge >= 0.3 is 5.69 Å². The number of benzene rings is 3. The Bertz CT molecular complexity index is 1410. The number of anilines is 1. The Kier molecular flexibility index (Phi) is 8.61. The summed E-state index contributed by atoms with van der Waals surface area (Å²) in [5, 5.41) is 2.39. The van der Waals surface area contributed by atoms with Crippen LogP contribution in [0.5, 0.6) is 0 Å². The minimum absolute atomic E-state index is 0.0276. The van der Waals surface area contributed by atoms with Crippen LogP contribution in [-0.2, 0) is 15.8 Å². The molecule has 0 radical (unpaired) electrons. The Morgan fingerprint density at radius 3 is 2.05 bits per heavy atom. The SMILES string of the molecule is CC(C)(C)[Si](OC[C@H]1SC[C@@H](n2ccc(N)nc2=O)[C@@H]1OCc1ccccc1)(c1ccccc1)c1ccccc1. The van der Waals surface area contributed by atoms with Gasteiger partial charge in [-0.2, -0.15) is 16.7 Å². The van der Waals surface area contributed by atoms with Gasteiger partial charge in [-0.15, -0.1) is 0 Å². The van der Waals surface area contributed by atoms with Gasteiger partial charge in [-0.3, -0.25) is 4.57 Å². The lowest BCUT2D eigenvalue weighted by atomic mass is 10.1. The molecule has 0 saturated carbocycles. The molecule has 1 aliphatic heterocycles. The van der Waals surface area contributed by atoms with Crippen LogP contribution >= 0.6 is 11.8 Å². The van der Waals surface area contributed by atoms with E-state index in [1.165, 1.54) is 10.4 Å². The number of nitrogen functional groups attached to an aromatic ring is 1. The zero-order valence-corrected chi connectivity index (χ0v) is 25.1. The normalized spacial score (nSPS) is 19.5. The van der Waals surface area contributed by atoms with Crippen molar-refractivity contribution in [1.29, 1.82) is 0 Å². The molecule has 1 aromatic heterocycles. The second-order valence-corrected chi connectivity index (χ2v) is 16.8. The third-order valence-corrected chi connectivity index (χ3v) is 14.0. The molecule has 3 aromatic carbocycles. The van der Waals surface area contributed by atoms with Crippen LogP contribution in [0, 0.1) is 0 Å². The van der Waals surface area contributed by atoms with Crippen molar-refractivity contribution in [3.8, 4) is 0 Å². The van der Waals surface area contributed by atoms with Gasteiger partial charge in [0.1, 0.15) is 5.82 Å². The number of thioether (sulfide) groups is 1. The highest BCUT2D eigenvalue weighted by Crippen LogP contribution is 2.41. The fourth-order valence-corrected chi connectivity index (χ4v) is 11.8. The van der Waals surface area contributed by atoms with Crippen molar-refractivity contribution in [3.63, 3.8) is 0 Å². The van der Waals surface area contributed by atoms with Crippen molar-refractivity contribution in [3.05, 3.63) is 119 Å². The highest BCUT2D eigenvalue weighted by atomic mass is 32.2. The smallest absolute Gasteiger partial charge is 0.349 e. The summed E-state index contributed by atoms with van der Waals surface area (Å²) in [6.07, 6.45) is 1.49. The van der Waals surface area contributed by atoms with Crippen molar-refractivity contribution in [2.24, 2.45) is 0 Å². The van der Waals surface area contributed by atoms with Gasteiger partial charge in [-0.05, 0) is 27.0 Å². The number of rotatable bonds is 9. The molecule has 0 aliphatic carbocycles. The van der Waals surface area contributed by atoms with Crippen molar-refractivity contribution in [2.75, 3.05) is 18.1 Å². The van der Waals surface area contributed by atoms with E-state index in [1.54, 1.807) is 28.6 Å². The Hall–Kier alpha value is -3.17. The second kappa shape index (κ2) is 12.1. The molecule has 1 saturated heterocycles. The summed E-state index contributed by atoms with van der Waals surface area (Å²) in [5.74, 6) is 0.944. The van der Waals surface area contributed by atoms with E-state index < -0.39 is 8.32 Å². The van der Waals surface area contributed by atoms with Crippen LogP contribution in [0.2, 0.25) is 5.04 Å². The Balaban J connectivity index is 1.49. The van der Waals surface area contributed by atoms with Gasteiger partial charge in [-0.1, -0.05) is 112 Å². The minimum atomic E-state index is -2.72. The fraction of sp³-hybridized carbons (Fsp3) is 0.312. The molecule has 0 amide bonds. The molecule has 40 heavy (non-hydrogen) atoms. The maximum atomic E-state index is 12.9. The van der Waals surface area contributed by atoms with Gasteiger partial charge < -0.3 is 14.9 Å². The molecular weight excluding hydrogens is 535 g/mol. The third-order valence-electron chi connectivity index (χ3n) is 7.60. The molecule has 0 spiro atoms. The lowest BCUT2D eigenvalue weighted by Crippen LogP contribution is -2.67. The number of ether oxygens (including phenoxy) is 1. The first-order valence-corrected chi connectivity index (χ1v) is 16.6. The molecule has 2 N–H and O–H groups in total. The van der Waals surface area contributed by atoms with Crippen LogP contribution < -0.4 is 21.8 Å². The van der Waals surface area contributed by atoms with Gasteiger partial charge in [0.05, 0.1) is 24.0 Å². The molecule has 1 fully saturated rings. The summed E-state index contributed by atoms with van der Waals surface area (Å²) in [5.41, 5.74) is 6.53. The molecular formula is C32H37N3O3SSi. The van der Waals surface area contributed by atoms with Crippen LogP contribution in [0.3, 0.4) is 0 Å². The summed E-state index contributed by atoms with van der Waals surface area (Å²) in [4.78, 5) is 16.8. The van der Waals surface area contributed by atoms with Gasteiger partial charge in [0.25, 0.3) is 8.32 Å². The summed E-state index contributed by atoms with van der Waals surface area (Å²) >= 11 is 1.80. The van der Waals surface area contributed by atoms with Crippen molar-refractivity contribution in [2.45, 2.75) is 49.8 Å². The number of nitrogens with two attached hydrogens (primary N) is 1. The highest BCUT2D eigenvalue weighted by molar-refractivity contribution is 8.00. The quantitative estimate of drug-likeness (QED) is 0.295. The van der Waals surface area contributed by atoms with Gasteiger partial charge in [0.15, 0.2) is 0 Å². The van der Waals surface area contributed by atoms with E-state index in [-0.39, 0.29) is 33.9 Å². The number of nitrogens with zero attached hydrogens (tertiary/aromatic N) is 2. The van der Waals surface area contributed by atoms with E-state index >= 15 is 0 Å². The second-order valence-electron chi connectivity index (χ2n) is 11.2. The lowest BCUT2D eigenvalue weighted by molar-refractivity contribution is 0.00690. The minimum Gasteiger partial charge on any atom is -0.406 e. The maximum Gasteiger partial charge on any atom is 0.349 e. The number of hydrogen-bond donors (Lipinski definition) is 1. The molecule has 0 bridgehead atoms. The summed E-state index contributed by atoms with van der Waals surface area (Å²) in [6.45, 7) is 7.81. The molecule has 2 heterocycles. The van der Waals surface area contributed by atoms with E-state index in [0.29, 0.717) is 13.2 Å². The number of hydrogen-bond acceptors (Lipinski definition) is 6. The van der Waals surface area contributed by atoms with Gasteiger partial charge in [-0.25, -0.2) is 4.79 Å². The summed E-state index contributed by atoms with van der Waals surface area (Å²) in [7, 11) is -2.72. The fourth-order valence-electron chi connectivity index (χ4n) is 5.67. The first-order valence-electron chi connectivity index (χ1n) is 13.7. The van der Waals surface area contributed by atoms with Crippen molar-refractivity contribution < 1.29 is 9.16 Å². The molecule has 5 rings (SSSR count). The summed E-state index contributed by atoms with van der Waals surface area (Å²) < 4.78 is 15.6. The molecule has 6 nitrogen and oxygen atoms in total. The first-order chi connectivity index (χ1) is 19.3. The molecule has 1 aliphatic rings. The average molecular weight is 572 g/mol. The van der Waals surface area contributed by atoms with Gasteiger partial charge in [0, 0.05) is 18.6 Å². The molecule has 3 atom stereocenters. The van der Waals surface area contributed by atoms with E-state index in [2.05, 4.69) is 98.6 Å². The topological polar surface area (TPSA) is 79.4 Å². The van der Waals surface area contributed by atoms with Gasteiger partial charge in [0.2, 0.25) is 0 Å². The monoisotopic (exact) mass is 571 g/mol. The van der Waals surface area contributed by atoms with E-state index in [4.69, 9.17) is 14.9 Å². The predicted octanol–water partition coefficient (Wildman–Crippen LogP) is 4.64. The van der Waals surface area contributed by atoms with Crippen LogP contribution in [0.25, 0.3) is 0 Å². The largest absolute Gasteiger partial charge is 0.406 e. The summed E-state index contributed by atoms with van der Waals surface area (Å²) in [6, 6.07) is 33.0. The third kappa shape index (κ3) is 5.81. The first kappa shape index (κ1) is 28.4. The zero-order chi connectivity index (χ0) is 28.2. The highest BCUT2D eigenvalue weighted by Gasteiger charge is 2.51. The molecule has 0 unspecified atom stereocenters. The Labute approximate surface area is 241 Å². The molecule has 208 valence electrons. The van der Waals surface area contributed by atoms with Crippen molar-refractivity contribution >= 4 is 36.3 Å². The van der Waals surface area contributed by atoms with E-state index in [0.717, 1.165) is 11.3 Å². The van der Waals surface area contributed by atoms with Crippen LogP contribution in [0.1, 0.15) is 32.4 Å². The maximum absolute atomic E-state index is 12.9. The number of aromatic nitrogens is 2. The molecule has 4 aromatic rings. The van der Waals surface area contributed by atoms with E-state index in [1.807, 2.05) is 18.2 Å². The Morgan fingerprint density at radius 2 is 1.50 bits per heavy atom. The van der Waals surface area contributed by atoms with Crippen LogP contribution in [0.4, 0.5) is 5.82 Å². The van der Waals surface area contributed by atoms with Crippen LogP contribution in [-0.4, -0.2) is 41.6 Å². The van der Waals surface area contributed by atoms with Crippen LogP contribution in [0.15, 0.2) is 108 Å².